The van der Waals surface area contributed by atoms with Crippen molar-refractivity contribution in [2.24, 2.45) is 5.73 Å². The lowest BCUT2D eigenvalue weighted by Gasteiger charge is -1.99. The molecule has 0 aliphatic rings. The summed E-state index contributed by atoms with van der Waals surface area (Å²) in [7, 11) is 0. The predicted molar refractivity (Wildman–Crippen MR) is 64.3 cm³/mol. The third kappa shape index (κ3) is 2.84. The number of oxazole rings is 1. The quantitative estimate of drug-likeness (QED) is 0.912. The molecule has 2 aromatic rings. The van der Waals surface area contributed by atoms with Gasteiger partial charge in [0, 0.05) is 11.4 Å². The number of aromatic nitrogens is 1. The molecule has 90 valence electrons. The highest BCUT2D eigenvalue weighted by molar-refractivity contribution is 6.30. The van der Waals surface area contributed by atoms with E-state index in [4.69, 9.17) is 21.8 Å². The molecule has 0 bridgehead atoms. The van der Waals surface area contributed by atoms with Gasteiger partial charge in [0.05, 0.1) is 11.8 Å². The van der Waals surface area contributed by atoms with Crippen molar-refractivity contribution in [1.29, 1.82) is 0 Å². The van der Waals surface area contributed by atoms with Crippen LogP contribution in [0.25, 0.3) is 11.3 Å². The molecule has 0 aliphatic heterocycles. The lowest BCUT2D eigenvalue weighted by molar-refractivity contribution is 0.496. The lowest BCUT2D eigenvalue weighted by Crippen LogP contribution is -2.00. The topological polar surface area (TPSA) is 52.0 Å². The third-order valence-corrected chi connectivity index (χ3v) is 2.58. The molecule has 0 fully saturated rings. The summed E-state index contributed by atoms with van der Waals surface area (Å²) < 4.78 is 19.0. The molecule has 2 rings (SSSR count). The minimum atomic E-state index is -0.379. The van der Waals surface area contributed by atoms with Gasteiger partial charge in [-0.15, -0.1) is 0 Å². The molecule has 1 heterocycles. The normalized spacial score (nSPS) is 10.8. The summed E-state index contributed by atoms with van der Waals surface area (Å²) >= 11 is 5.81. The van der Waals surface area contributed by atoms with Crippen LogP contribution in [0.15, 0.2) is 28.8 Å². The minimum absolute atomic E-state index is 0.323. The van der Waals surface area contributed by atoms with Gasteiger partial charge in [0.1, 0.15) is 5.82 Å². The van der Waals surface area contributed by atoms with Crippen LogP contribution in [0.1, 0.15) is 12.3 Å². The van der Waals surface area contributed by atoms with E-state index in [-0.39, 0.29) is 5.82 Å². The maximum Gasteiger partial charge on any atom is 0.194 e. The zero-order chi connectivity index (χ0) is 12.3. The first-order chi connectivity index (χ1) is 8.20. The fraction of sp³-hybridized carbons (Fsp3) is 0.250. The summed E-state index contributed by atoms with van der Waals surface area (Å²) in [5.74, 6) is 0.567. The average molecular weight is 255 g/mol. The van der Waals surface area contributed by atoms with E-state index in [2.05, 4.69) is 4.98 Å². The highest BCUT2D eigenvalue weighted by atomic mass is 35.5. The fourth-order valence-corrected chi connectivity index (χ4v) is 1.66. The Bertz CT molecular complexity index is 513. The Morgan fingerprint density at radius 1 is 1.41 bits per heavy atom. The number of hydrogen-bond acceptors (Lipinski definition) is 3. The molecule has 1 aromatic carbocycles. The van der Waals surface area contributed by atoms with Crippen molar-refractivity contribution >= 4 is 11.6 Å². The zero-order valence-electron chi connectivity index (χ0n) is 9.12. The van der Waals surface area contributed by atoms with Crippen LogP contribution in [0.3, 0.4) is 0 Å². The van der Waals surface area contributed by atoms with Crippen molar-refractivity contribution in [3.63, 3.8) is 0 Å². The van der Waals surface area contributed by atoms with Crippen LogP contribution in [0, 0.1) is 5.82 Å². The van der Waals surface area contributed by atoms with Crippen LogP contribution in [-0.4, -0.2) is 11.5 Å². The summed E-state index contributed by atoms with van der Waals surface area (Å²) in [5, 5.41) is 0.460. The first-order valence-electron chi connectivity index (χ1n) is 5.31. The van der Waals surface area contributed by atoms with Gasteiger partial charge in [-0.1, -0.05) is 11.6 Å². The van der Waals surface area contributed by atoms with Gasteiger partial charge in [-0.2, -0.15) is 0 Å². The molecule has 0 atom stereocenters. The van der Waals surface area contributed by atoms with Crippen molar-refractivity contribution < 1.29 is 8.81 Å². The smallest absolute Gasteiger partial charge is 0.194 e. The van der Waals surface area contributed by atoms with Crippen molar-refractivity contribution in [3.05, 3.63) is 41.1 Å². The molecule has 0 radical (unpaired) electrons. The zero-order valence-corrected chi connectivity index (χ0v) is 9.88. The van der Waals surface area contributed by atoms with Crippen LogP contribution < -0.4 is 5.73 Å². The second-order valence-corrected chi connectivity index (χ2v) is 4.07. The SMILES string of the molecule is NCCCc1ncc(-c2cc(Cl)ccc2F)o1. The monoisotopic (exact) mass is 254 g/mol. The van der Waals surface area contributed by atoms with E-state index >= 15 is 0 Å². The number of rotatable bonds is 4. The van der Waals surface area contributed by atoms with Gasteiger partial charge >= 0.3 is 0 Å². The first-order valence-corrected chi connectivity index (χ1v) is 5.68. The molecule has 0 saturated carbocycles. The molecule has 1 aromatic heterocycles. The molecule has 0 aliphatic carbocycles. The van der Waals surface area contributed by atoms with Gasteiger partial charge in [0.15, 0.2) is 11.7 Å². The molecule has 5 heteroatoms. The average Bonchev–Trinajstić information content (AvgIpc) is 2.78. The van der Waals surface area contributed by atoms with Gasteiger partial charge in [-0.25, -0.2) is 9.37 Å². The number of halogens is 2. The fourth-order valence-electron chi connectivity index (χ4n) is 1.49. The van der Waals surface area contributed by atoms with Crippen LogP contribution >= 0.6 is 11.6 Å². The molecular formula is C12H12ClFN2O. The van der Waals surface area contributed by atoms with Gasteiger partial charge in [0.25, 0.3) is 0 Å². The molecule has 3 nitrogen and oxygen atoms in total. The Balaban J connectivity index is 2.27. The molecule has 0 saturated heterocycles. The third-order valence-electron chi connectivity index (χ3n) is 2.34. The van der Waals surface area contributed by atoms with Crippen molar-refractivity contribution in [2.75, 3.05) is 6.54 Å². The molecular weight excluding hydrogens is 243 g/mol. The van der Waals surface area contributed by atoms with Crippen molar-refractivity contribution in [2.45, 2.75) is 12.8 Å². The predicted octanol–water partition coefficient (Wildman–Crippen LogP) is 3.03. The molecule has 17 heavy (non-hydrogen) atoms. The van der Waals surface area contributed by atoms with E-state index in [1.54, 1.807) is 0 Å². The number of nitrogens with two attached hydrogens (primary N) is 1. The standard InChI is InChI=1S/C12H12ClFN2O/c13-8-3-4-10(14)9(6-8)11-7-16-12(17-11)2-1-5-15/h3-4,6-7H,1-2,5,15H2. The summed E-state index contributed by atoms with van der Waals surface area (Å²) in [5.41, 5.74) is 5.71. The van der Waals surface area contributed by atoms with E-state index in [9.17, 15) is 4.39 Å². The van der Waals surface area contributed by atoms with Gasteiger partial charge in [-0.05, 0) is 31.2 Å². The van der Waals surface area contributed by atoms with Crippen LogP contribution in [0.5, 0.6) is 0 Å². The summed E-state index contributed by atoms with van der Waals surface area (Å²) in [4.78, 5) is 4.07. The van der Waals surface area contributed by atoms with Gasteiger partial charge < -0.3 is 10.2 Å². The Morgan fingerprint density at radius 3 is 3.00 bits per heavy atom. The number of hydrogen-bond donors (Lipinski definition) is 1. The van der Waals surface area contributed by atoms with Gasteiger partial charge in [-0.3, -0.25) is 0 Å². The second kappa shape index (κ2) is 5.29. The highest BCUT2D eigenvalue weighted by Gasteiger charge is 2.11. The Morgan fingerprint density at radius 2 is 2.24 bits per heavy atom. The highest BCUT2D eigenvalue weighted by Crippen LogP contribution is 2.26. The van der Waals surface area contributed by atoms with E-state index in [1.807, 2.05) is 0 Å². The molecule has 0 unspecified atom stereocenters. The summed E-state index contributed by atoms with van der Waals surface area (Å²) in [6, 6.07) is 4.32. The van der Waals surface area contributed by atoms with Crippen LogP contribution in [0.4, 0.5) is 4.39 Å². The number of benzene rings is 1. The van der Waals surface area contributed by atoms with E-state index in [1.165, 1.54) is 24.4 Å². The maximum absolute atomic E-state index is 13.6. The molecule has 0 amide bonds. The molecule has 2 N–H and O–H groups in total. The maximum atomic E-state index is 13.6. The van der Waals surface area contributed by atoms with Crippen LogP contribution in [-0.2, 0) is 6.42 Å². The van der Waals surface area contributed by atoms with Crippen LogP contribution in [0.2, 0.25) is 5.02 Å². The van der Waals surface area contributed by atoms with E-state index < -0.39 is 0 Å². The van der Waals surface area contributed by atoms with E-state index in [0.29, 0.717) is 35.2 Å². The Labute approximate surface area is 103 Å². The minimum Gasteiger partial charge on any atom is -0.441 e. The Hall–Kier alpha value is -1.39. The van der Waals surface area contributed by atoms with Gasteiger partial charge in [0.2, 0.25) is 0 Å². The van der Waals surface area contributed by atoms with Crippen molar-refractivity contribution in [3.8, 4) is 11.3 Å². The largest absolute Gasteiger partial charge is 0.441 e. The summed E-state index contributed by atoms with van der Waals surface area (Å²) in [6.07, 6.45) is 2.94. The number of nitrogens with zero attached hydrogens (tertiary/aromatic N) is 1. The van der Waals surface area contributed by atoms with Crippen molar-refractivity contribution in [1.82, 2.24) is 4.98 Å². The lowest BCUT2D eigenvalue weighted by atomic mass is 10.2. The molecule has 0 spiro atoms. The number of aryl methyl sites for hydroxylation is 1. The summed E-state index contributed by atoms with van der Waals surface area (Å²) in [6.45, 7) is 0.573. The Kier molecular flexibility index (Phi) is 3.76. The second-order valence-electron chi connectivity index (χ2n) is 3.63. The van der Waals surface area contributed by atoms with E-state index in [0.717, 1.165) is 6.42 Å². The first kappa shape index (κ1) is 12.1.